The van der Waals surface area contributed by atoms with E-state index in [0.29, 0.717) is 19.4 Å². The second kappa shape index (κ2) is 6.17. The lowest BCUT2D eigenvalue weighted by molar-refractivity contribution is -0.190. The van der Waals surface area contributed by atoms with Crippen LogP contribution in [0.4, 0.5) is 0 Å². The fourth-order valence-corrected chi connectivity index (χ4v) is 5.07. The fraction of sp³-hybridized carbons (Fsp3) is 0.857. The van der Waals surface area contributed by atoms with Crippen LogP contribution in [0.1, 0.15) is 39.5 Å². The summed E-state index contributed by atoms with van der Waals surface area (Å²) in [5, 5.41) is 10.6. The van der Waals surface area contributed by atoms with Crippen molar-refractivity contribution in [3.05, 3.63) is 0 Å². The summed E-state index contributed by atoms with van der Waals surface area (Å²) in [6, 6.07) is 0. The lowest BCUT2D eigenvalue weighted by Gasteiger charge is -2.51. The van der Waals surface area contributed by atoms with Gasteiger partial charge in [0.1, 0.15) is 6.10 Å². The van der Waals surface area contributed by atoms with Gasteiger partial charge in [0.25, 0.3) is 0 Å². The number of rotatable bonds is 3. The van der Waals surface area contributed by atoms with E-state index in [1.807, 2.05) is 0 Å². The predicted molar refractivity (Wildman–Crippen MR) is 80.4 cm³/mol. The molecule has 0 aromatic heterocycles. The van der Waals surface area contributed by atoms with Gasteiger partial charge in [0.05, 0.1) is 18.1 Å². The lowest BCUT2D eigenvalue weighted by Crippen LogP contribution is -2.60. The third-order valence-electron chi connectivity index (χ3n) is 4.45. The summed E-state index contributed by atoms with van der Waals surface area (Å²) < 4.78 is 10.6. The largest absolute Gasteiger partial charge is 0.465 e. The van der Waals surface area contributed by atoms with E-state index in [9.17, 15) is 14.7 Å². The first kappa shape index (κ1) is 16.0. The molecule has 2 aliphatic carbocycles. The molecule has 5 unspecified atom stereocenters. The highest BCUT2D eigenvalue weighted by Gasteiger charge is 2.59. The van der Waals surface area contributed by atoms with Crippen molar-refractivity contribution in [1.29, 1.82) is 0 Å². The first-order valence-electron chi connectivity index (χ1n) is 7.09. The summed E-state index contributed by atoms with van der Waals surface area (Å²) in [5.74, 6) is -0.814. The van der Waals surface area contributed by atoms with E-state index < -0.39 is 11.5 Å². The Morgan fingerprint density at radius 1 is 1.45 bits per heavy atom. The molecule has 20 heavy (non-hydrogen) atoms. The number of hydrogen-bond acceptors (Lipinski definition) is 5. The van der Waals surface area contributed by atoms with Gasteiger partial charge in [-0.05, 0) is 26.2 Å². The van der Waals surface area contributed by atoms with Crippen LogP contribution in [0.5, 0.6) is 0 Å². The van der Waals surface area contributed by atoms with Crippen LogP contribution in [-0.2, 0) is 19.1 Å². The van der Waals surface area contributed by atoms with Crippen LogP contribution in [0.15, 0.2) is 0 Å². The van der Waals surface area contributed by atoms with Gasteiger partial charge in [-0.1, -0.05) is 29.0 Å². The molecule has 5 nitrogen and oxygen atoms in total. The third kappa shape index (κ3) is 2.68. The summed E-state index contributed by atoms with van der Waals surface area (Å²) in [5.41, 5.74) is -0.818. The average molecular weight is 396 g/mol. The topological polar surface area (TPSA) is 72.8 Å². The number of fused-ring (bicyclic) bond motifs is 2. The molecule has 2 bridgehead atoms. The zero-order valence-corrected chi connectivity index (χ0v) is 14.0. The highest BCUT2D eigenvalue weighted by atomic mass is 127. The van der Waals surface area contributed by atoms with Gasteiger partial charge >= 0.3 is 11.9 Å². The van der Waals surface area contributed by atoms with Gasteiger partial charge in [-0.25, -0.2) is 0 Å². The maximum atomic E-state index is 12.3. The van der Waals surface area contributed by atoms with E-state index in [-0.39, 0.29) is 27.9 Å². The van der Waals surface area contributed by atoms with Crippen LogP contribution in [0.2, 0.25) is 0 Å². The van der Waals surface area contributed by atoms with Crippen molar-refractivity contribution in [3.8, 4) is 0 Å². The van der Waals surface area contributed by atoms with Crippen LogP contribution in [0.25, 0.3) is 0 Å². The van der Waals surface area contributed by atoms with Crippen LogP contribution >= 0.6 is 22.6 Å². The Labute approximate surface area is 132 Å². The second-order valence-electron chi connectivity index (χ2n) is 5.67. The summed E-state index contributed by atoms with van der Waals surface area (Å²) in [7, 11) is 0. The third-order valence-corrected chi connectivity index (χ3v) is 5.60. The molecule has 114 valence electrons. The van der Waals surface area contributed by atoms with Crippen molar-refractivity contribution >= 4 is 34.5 Å². The SMILES string of the molecule is CCOC(=O)C12CCCC(C(OC(C)=O)C(I)C1)C2O. The molecule has 0 heterocycles. The number of carbonyl (C=O) groups is 2. The molecule has 0 radical (unpaired) electrons. The van der Waals surface area contributed by atoms with Crippen molar-refractivity contribution in [1.82, 2.24) is 0 Å². The van der Waals surface area contributed by atoms with Crippen molar-refractivity contribution in [2.45, 2.75) is 55.7 Å². The molecule has 2 fully saturated rings. The van der Waals surface area contributed by atoms with Gasteiger partial charge in [-0.15, -0.1) is 0 Å². The van der Waals surface area contributed by atoms with Crippen LogP contribution in [-0.4, -0.2) is 39.8 Å². The second-order valence-corrected chi connectivity index (χ2v) is 7.27. The smallest absolute Gasteiger partial charge is 0.314 e. The molecule has 0 saturated heterocycles. The summed E-state index contributed by atoms with van der Waals surface area (Å²) >= 11 is 2.23. The molecule has 0 aromatic carbocycles. The van der Waals surface area contributed by atoms with Gasteiger partial charge in [0, 0.05) is 16.8 Å². The van der Waals surface area contributed by atoms with E-state index in [1.165, 1.54) is 6.92 Å². The predicted octanol–water partition coefficient (Wildman–Crippen LogP) is 1.84. The molecule has 2 aliphatic rings. The highest BCUT2D eigenvalue weighted by Crippen LogP contribution is 2.52. The Bertz CT molecular complexity index is 399. The van der Waals surface area contributed by atoms with Gasteiger partial charge < -0.3 is 14.6 Å². The highest BCUT2D eigenvalue weighted by molar-refractivity contribution is 14.1. The number of aliphatic hydroxyl groups is 1. The van der Waals surface area contributed by atoms with E-state index in [0.717, 1.165) is 12.8 Å². The quantitative estimate of drug-likeness (QED) is 0.448. The molecule has 2 rings (SSSR count). The van der Waals surface area contributed by atoms with E-state index in [4.69, 9.17) is 9.47 Å². The Kier molecular flexibility index (Phi) is 4.94. The van der Waals surface area contributed by atoms with Gasteiger partial charge in [-0.2, -0.15) is 0 Å². The Hall–Kier alpha value is -0.370. The van der Waals surface area contributed by atoms with E-state index >= 15 is 0 Å². The van der Waals surface area contributed by atoms with Crippen LogP contribution in [0.3, 0.4) is 0 Å². The average Bonchev–Trinajstić information content (AvgIpc) is 2.36. The molecule has 0 spiro atoms. The Morgan fingerprint density at radius 3 is 2.75 bits per heavy atom. The number of halogens is 1. The number of esters is 2. The van der Waals surface area contributed by atoms with E-state index in [2.05, 4.69) is 22.6 Å². The minimum Gasteiger partial charge on any atom is -0.465 e. The Balaban J connectivity index is 2.26. The van der Waals surface area contributed by atoms with Crippen molar-refractivity contribution < 1.29 is 24.2 Å². The van der Waals surface area contributed by atoms with Crippen LogP contribution < -0.4 is 0 Å². The summed E-state index contributed by atoms with van der Waals surface area (Å²) in [6.07, 6.45) is 1.68. The van der Waals surface area contributed by atoms with E-state index in [1.54, 1.807) is 6.92 Å². The fourth-order valence-electron chi connectivity index (χ4n) is 3.60. The molecular weight excluding hydrogens is 375 g/mol. The minimum absolute atomic E-state index is 0.0228. The van der Waals surface area contributed by atoms with Gasteiger partial charge in [0.15, 0.2) is 0 Å². The molecule has 1 N–H and O–H groups in total. The molecule has 0 aromatic rings. The molecular formula is C14H21IO5. The molecule has 0 amide bonds. The first-order valence-corrected chi connectivity index (χ1v) is 8.33. The van der Waals surface area contributed by atoms with Gasteiger partial charge in [0.2, 0.25) is 0 Å². The zero-order valence-electron chi connectivity index (χ0n) is 11.8. The first-order chi connectivity index (χ1) is 9.42. The molecule has 6 heteroatoms. The number of ether oxygens (including phenoxy) is 2. The maximum absolute atomic E-state index is 12.3. The normalized spacial score (nSPS) is 40.0. The standard InChI is InChI=1S/C14H21IO5/c1-3-19-13(18)14-6-4-5-9(12(14)17)11(10(15)7-14)20-8(2)16/h9-12,17H,3-7H2,1-2H3. The van der Waals surface area contributed by atoms with Gasteiger partial charge in [-0.3, -0.25) is 9.59 Å². The maximum Gasteiger partial charge on any atom is 0.314 e. The lowest BCUT2D eigenvalue weighted by atomic mass is 9.59. The number of carbonyl (C=O) groups excluding carboxylic acids is 2. The Morgan fingerprint density at radius 2 is 2.15 bits per heavy atom. The van der Waals surface area contributed by atoms with Crippen LogP contribution in [0, 0.1) is 11.3 Å². The van der Waals surface area contributed by atoms with Crippen molar-refractivity contribution in [2.75, 3.05) is 6.61 Å². The molecule has 2 saturated carbocycles. The number of aliphatic hydroxyl groups excluding tert-OH is 1. The van der Waals surface area contributed by atoms with Crippen molar-refractivity contribution in [2.24, 2.45) is 11.3 Å². The molecule has 5 atom stereocenters. The number of hydrogen-bond donors (Lipinski definition) is 1. The number of alkyl halides is 1. The summed E-state index contributed by atoms with van der Waals surface area (Å²) in [6.45, 7) is 3.47. The molecule has 0 aliphatic heterocycles. The minimum atomic E-state index is -0.818. The zero-order chi connectivity index (χ0) is 14.9. The monoisotopic (exact) mass is 396 g/mol. The summed E-state index contributed by atoms with van der Waals surface area (Å²) in [4.78, 5) is 23.6. The van der Waals surface area contributed by atoms with Crippen molar-refractivity contribution in [3.63, 3.8) is 0 Å².